The first kappa shape index (κ1) is 34.3. The van der Waals surface area contributed by atoms with Crippen LogP contribution in [-0.4, -0.2) is 4.98 Å². The molecule has 59 heavy (non-hydrogen) atoms. The Balaban J connectivity index is 1.01. The lowest BCUT2D eigenvalue weighted by Gasteiger charge is -2.27. The largest absolute Gasteiger partial charge is 0.455 e. The van der Waals surface area contributed by atoms with Crippen LogP contribution in [0, 0.1) is 0 Å². The van der Waals surface area contributed by atoms with Crippen molar-refractivity contribution in [1.82, 2.24) is 4.98 Å². The van der Waals surface area contributed by atoms with Crippen LogP contribution in [0.25, 0.3) is 89.0 Å². The van der Waals surface area contributed by atoms with E-state index in [9.17, 15) is 0 Å². The third-order valence-electron chi connectivity index (χ3n) is 11.1. The number of furan rings is 1. The highest BCUT2D eigenvalue weighted by molar-refractivity contribution is 6.12. The maximum atomic E-state index is 6.64. The van der Waals surface area contributed by atoms with Crippen molar-refractivity contribution < 1.29 is 8.83 Å². The molecule has 0 radical (unpaired) electrons. The Labute approximate surface area is 341 Å². The monoisotopic (exact) mass is 756 g/mol. The van der Waals surface area contributed by atoms with Crippen LogP contribution in [0.3, 0.4) is 0 Å². The van der Waals surface area contributed by atoms with Gasteiger partial charge in [0.15, 0.2) is 5.58 Å². The Morgan fingerprint density at radius 2 is 0.847 bits per heavy atom. The van der Waals surface area contributed by atoms with E-state index >= 15 is 0 Å². The highest BCUT2D eigenvalue weighted by Crippen LogP contribution is 2.43. The standard InChI is InChI=1S/C55H36N2O2/c1-5-14-37(15-6-1)38-24-28-43(29-25-38)57(45-32-33-46(39-16-7-2-8-17-39)49(34-45)40-18-9-3-10-19-40)44-30-26-41(27-31-44)47-22-13-23-48-50-35-53-51(36-52(50)58-54(47)48)56-55(59-53)42-20-11-4-12-21-42/h1-36H. The molecular weight excluding hydrogens is 721 g/mol. The molecule has 0 bridgehead atoms. The summed E-state index contributed by atoms with van der Waals surface area (Å²) < 4.78 is 12.9. The van der Waals surface area contributed by atoms with Gasteiger partial charge in [0.25, 0.3) is 0 Å². The molecule has 0 spiro atoms. The summed E-state index contributed by atoms with van der Waals surface area (Å²) in [5, 5.41) is 2.04. The lowest BCUT2D eigenvalue weighted by atomic mass is 9.93. The first-order valence-corrected chi connectivity index (χ1v) is 19.9. The predicted molar refractivity (Wildman–Crippen MR) is 243 cm³/mol. The third-order valence-corrected chi connectivity index (χ3v) is 11.1. The molecule has 0 fully saturated rings. The number of hydrogen-bond acceptors (Lipinski definition) is 4. The molecule has 0 amide bonds. The van der Waals surface area contributed by atoms with Gasteiger partial charge in [0.1, 0.15) is 16.7 Å². The van der Waals surface area contributed by atoms with Crippen molar-refractivity contribution in [3.8, 4) is 56.0 Å². The van der Waals surface area contributed by atoms with E-state index in [1.807, 2.05) is 36.4 Å². The smallest absolute Gasteiger partial charge is 0.227 e. The van der Waals surface area contributed by atoms with Gasteiger partial charge in [-0.25, -0.2) is 4.98 Å². The Hall–Kier alpha value is -7.95. The van der Waals surface area contributed by atoms with Gasteiger partial charge in [0.05, 0.1) is 0 Å². The molecule has 278 valence electrons. The topological polar surface area (TPSA) is 42.4 Å². The molecule has 0 unspecified atom stereocenters. The molecule has 9 aromatic carbocycles. The number of anilines is 3. The zero-order chi connectivity index (χ0) is 39.1. The van der Waals surface area contributed by atoms with E-state index in [1.54, 1.807) is 0 Å². The number of fused-ring (bicyclic) bond motifs is 4. The second-order valence-electron chi connectivity index (χ2n) is 14.7. The average molecular weight is 757 g/mol. The minimum Gasteiger partial charge on any atom is -0.455 e. The SMILES string of the molecule is c1ccc(-c2ccc(N(c3ccc(-c4cccc5c4oc4cc6nc(-c7ccccc7)oc6cc45)cc3)c3ccc(-c4ccccc4)c(-c4ccccc4)c3)cc2)cc1. The number of para-hydroxylation sites is 1. The van der Waals surface area contributed by atoms with Crippen LogP contribution in [0.15, 0.2) is 227 Å². The van der Waals surface area contributed by atoms with Crippen LogP contribution in [0.4, 0.5) is 17.1 Å². The van der Waals surface area contributed by atoms with E-state index in [4.69, 9.17) is 13.8 Å². The summed E-state index contributed by atoms with van der Waals surface area (Å²) >= 11 is 0. The van der Waals surface area contributed by atoms with Crippen molar-refractivity contribution in [2.75, 3.05) is 4.90 Å². The van der Waals surface area contributed by atoms with Gasteiger partial charge in [-0.2, -0.15) is 0 Å². The van der Waals surface area contributed by atoms with E-state index in [2.05, 4.69) is 187 Å². The zero-order valence-corrected chi connectivity index (χ0v) is 32.0. The van der Waals surface area contributed by atoms with Crippen molar-refractivity contribution in [2.24, 2.45) is 0 Å². The van der Waals surface area contributed by atoms with Gasteiger partial charge < -0.3 is 13.7 Å². The van der Waals surface area contributed by atoms with Crippen molar-refractivity contribution in [2.45, 2.75) is 0 Å². The molecule has 0 saturated carbocycles. The lowest BCUT2D eigenvalue weighted by Crippen LogP contribution is -2.10. The summed E-state index contributed by atoms with van der Waals surface area (Å²) in [5.41, 5.74) is 16.4. The number of oxazole rings is 1. The Morgan fingerprint density at radius 3 is 1.49 bits per heavy atom. The van der Waals surface area contributed by atoms with E-state index < -0.39 is 0 Å². The Morgan fingerprint density at radius 1 is 0.322 bits per heavy atom. The van der Waals surface area contributed by atoms with E-state index in [0.717, 1.165) is 66.8 Å². The molecule has 0 saturated heterocycles. The number of nitrogens with zero attached hydrogens (tertiary/aromatic N) is 2. The van der Waals surface area contributed by atoms with Gasteiger partial charge in [-0.15, -0.1) is 0 Å². The molecule has 0 aliphatic rings. The fourth-order valence-corrected chi connectivity index (χ4v) is 8.22. The molecule has 4 nitrogen and oxygen atoms in total. The fourth-order valence-electron chi connectivity index (χ4n) is 8.22. The fraction of sp³-hybridized carbons (Fsp3) is 0. The van der Waals surface area contributed by atoms with Gasteiger partial charge in [-0.05, 0) is 93.5 Å². The van der Waals surface area contributed by atoms with E-state index in [0.29, 0.717) is 5.89 Å². The normalized spacial score (nSPS) is 11.4. The summed E-state index contributed by atoms with van der Waals surface area (Å²) in [6.07, 6.45) is 0. The van der Waals surface area contributed by atoms with Crippen molar-refractivity contribution >= 4 is 50.1 Å². The van der Waals surface area contributed by atoms with Crippen LogP contribution in [-0.2, 0) is 0 Å². The maximum Gasteiger partial charge on any atom is 0.227 e. The number of benzene rings is 9. The second kappa shape index (κ2) is 14.5. The van der Waals surface area contributed by atoms with Gasteiger partial charge in [-0.1, -0.05) is 158 Å². The predicted octanol–water partition coefficient (Wildman–Crippen LogP) is 15.5. The Bertz CT molecular complexity index is 3230. The van der Waals surface area contributed by atoms with Crippen LogP contribution < -0.4 is 4.90 Å². The highest BCUT2D eigenvalue weighted by Gasteiger charge is 2.19. The Kier molecular flexibility index (Phi) is 8.45. The van der Waals surface area contributed by atoms with Gasteiger partial charge in [-0.3, -0.25) is 0 Å². The minimum atomic E-state index is 0.600. The van der Waals surface area contributed by atoms with Crippen molar-refractivity contribution in [3.05, 3.63) is 218 Å². The third kappa shape index (κ3) is 6.34. The highest BCUT2D eigenvalue weighted by atomic mass is 16.4. The quantitative estimate of drug-likeness (QED) is 0.155. The van der Waals surface area contributed by atoms with Crippen LogP contribution in [0.2, 0.25) is 0 Å². The molecule has 2 aromatic heterocycles. The molecule has 2 heterocycles. The maximum absolute atomic E-state index is 6.64. The summed E-state index contributed by atoms with van der Waals surface area (Å²) in [5.74, 6) is 0.600. The first-order valence-electron chi connectivity index (χ1n) is 19.9. The van der Waals surface area contributed by atoms with Crippen LogP contribution in [0.5, 0.6) is 0 Å². The van der Waals surface area contributed by atoms with Gasteiger partial charge in [0.2, 0.25) is 5.89 Å². The zero-order valence-electron chi connectivity index (χ0n) is 32.0. The number of hydrogen-bond donors (Lipinski definition) is 0. The second-order valence-corrected chi connectivity index (χ2v) is 14.7. The average Bonchev–Trinajstić information content (AvgIpc) is 3.91. The molecule has 0 atom stereocenters. The summed E-state index contributed by atoms with van der Waals surface area (Å²) in [4.78, 5) is 7.13. The van der Waals surface area contributed by atoms with E-state index in [1.165, 1.54) is 33.4 Å². The van der Waals surface area contributed by atoms with Gasteiger partial charge in [0, 0.05) is 45.0 Å². The molecule has 0 aliphatic carbocycles. The van der Waals surface area contributed by atoms with Crippen molar-refractivity contribution in [3.63, 3.8) is 0 Å². The van der Waals surface area contributed by atoms with Gasteiger partial charge >= 0.3 is 0 Å². The summed E-state index contributed by atoms with van der Waals surface area (Å²) in [6, 6.07) is 76.6. The summed E-state index contributed by atoms with van der Waals surface area (Å²) in [7, 11) is 0. The van der Waals surface area contributed by atoms with Crippen LogP contribution in [0.1, 0.15) is 0 Å². The molecule has 0 N–H and O–H groups in total. The molecule has 11 rings (SSSR count). The minimum absolute atomic E-state index is 0.600. The molecule has 11 aromatic rings. The first-order chi connectivity index (χ1) is 29.2. The lowest BCUT2D eigenvalue weighted by molar-refractivity contribution is 0.620. The number of rotatable bonds is 8. The van der Waals surface area contributed by atoms with Crippen molar-refractivity contribution in [1.29, 1.82) is 0 Å². The number of aromatic nitrogens is 1. The molecule has 0 aliphatic heterocycles. The van der Waals surface area contributed by atoms with E-state index in [-0.39, 0.29) is 0 Å². The van der Waals surface area contributed by atoms with Crippen LogP contribution >= 0.6 is 0 Å². The molecule has 4 heteroatoms. The molecular formula is C55H36N2O2. The summed E-state index contributed by atoms with van der Waals surface area (Å²) in [6.45, 7) is 0.